The maximum Gasteiger partial charge on any atom is 0.282 e. The van der Waals surface area contributed by atoms with E-state index in [0.29, 0.717) is 16.4 Å². The van der Waals surface area contributed by atoms with Gasteiger partial charge in [0.05, 0.1) is 4.92 Å². The average Bonchev–Trinajstić information content (AvgIpc) is 3.12. The van der Waals surface area contributed by atoms with Gasteiger partial charge in [-0.2, -0.15) is 9.50 Å². The molecule has 2 aromatic carbocycles. The number of H-pyrrole nitrogens is 1. The van der Waals surface area contributed by atoms with Crippen LogP contribution in [0, 0.1) is 10.1 Å². The Morgan fingerprint density at radius 3 is 2.62 bits per heavy atom. The van der Waals surface area contributed by atoms with Gasteiger partial charge in [0.15, 0.2) is 5.82 Å². The molecule has 2 N–H and O–H groups in total. The van der Waals surface area contributed by atoms with Crippen molar-refractivity contribution in [3.63, 3.8) is 0 Å². The molecular weight excluding hydrogens is 400 g/mol. The molecule has 0 spiro atoms. The molecule has 0 aliphatic rings. The van der Waals surface area contributed by atoms with Gasteiger partial charge in [-0.05, 0) is 30.3 Å². The minimum atomic E-state index is -0.757. The van der Waals surface area contributed by atoms with Crippen molar-refractivity contribution >= 4 is 34.8 Å². The van der Waals surface area contributed by atoms with Crippen LogP contribution in [0.5, 0.6) is 0 Å². The van der Waals surface area contributed by atoms with Crippen LogP contribution in [0.1, 0.15) is 10.4 Å². The first-order chi connectivity index (χ1) is 13.9. The van der Waals surface area contributed by atoms with Crippen LogP contribution in [0.15, 0.2) is 59.4 Å². The van der Waals surface area contributed by atoms with Crippen LogP contribution >= 0.6 is 11.6 Å². The number of para-hydroxylation sites is 1. The highest BCUT2D eigenvalue weighted by Crippen LogP contribution is 2.21. The summed E-state index contributed by atoms with van der Waals surface area (Å²) in [4.78, 5) is 41.9. The fourth-order valence-electron chi connectivity index (χ4n) is 2.71. The summed E-state index contributed by atoms with van der Waals surface area (Å²) < 4.78 is 1.23. The van der Waals surface area contributed by atoms with Crippen LogP contribution < -0.4 is 10.9 Å². The lowest BCUT2D eigenvalue weighted by molar-refractivity contribution is -0.385. The van der Waals surface area contributed by atoms with Gasteiger partial charge in [0.25, 0.3) is 17.2 Å². The predicted octanol–water partition coefficient (Wildman–Crippen LogP) is 2.90. The van der Waals surface area contributed by atoms with Gasteiger partial charge in [-0.15, -0.1) is 5.10 Å². The molecule has 0 unspecified atom stereocenters. The molecule has 0 bridgehead atoms. The molecule has 11 heteroatoms. The van der Waals surface area contributed by atoms with Gasteiger partial charge < -0.3 is 5.32 Å². The average molecular weight is 411 g/mol. The molecule has 0 fully saturated rings. The predicted molar refractivity (Wildman–Crippen MR) is 105 cm³/mol. The van der Waals surface area contributed by atoms with Gasteiger partial charge in [-0.1, -0.05) is 23.7 Å². The Morgan fingerprint density at radius 1 is 1.17 bits per heavy atom. The summed E-state index contributed by atoms with van der Waals surface area (Å²) in [7, 11) is 0. The van der Waals surface area contributed by atoms with Crippen molar-refractivity contribution in [3.8, 4) is 11.4 Å². The summed E-state index contributed by atoms with van der Waals surface area (Å²) in [5.41, 5.74) is -0.379. The lowest BCUT2D eigenvalue weighted by Gasteiger charge is -2.06. The van der Waals surface area contributed by atoms with Gasteiger partial charge in [0, 0.05) is 22.7 Å². The third-order valence-corrected chi connectivity index (χ3v) is 4.28. The number of hydrogen-bond acceptors (Lipinski definition) is 6. The molecule has 1 amide bonds. The van der Waals surface area contributed by atoms with Crippen molar-refractivity contribution in [2.75, 3.05) is 5.32 Å². The second kappa shape index (κ2) is 7.17. The zero-order valence-electron chi connectivity index (χ0n) is 14.5. The van der Waals surface area contributed by atoms with Crippen LogP contribution in [0.2, 0.25) is 5.02 Å². The molecule has 0 aliphatic carbocycles. The lowest BCUT2D eigenvalue weighted by atomic mass is 10.1. The van der Waals surface area contributed by atoms with E-state index in [-0.39, 0.29) is 22.8 Å². The Balaban J connectivity index is 1.76. The maximum absolute atomic E-state index is 12.6. The van der Waals surface area contributed by atoms with E-state index in [4.69, 9.17) is 11.6 Å². The lowest BCUT2D eigenvalue weighted by Crippen LogP contribution is -2.19. The SMILES string of the molecule is O=C(Nc1cc(=O)[nH]c2nc(-c3ccc(Cl)cc3)nn12)c1ccccc1[N+](=O)[O-]. The summed E-state index contributed by atoms with van der Waals surface area (Å²) in [6, 6.07) is 13.4. The molecule has 0 radical (unpaired) electrons. The minimum absolute atomic E-state index is 0.0135. The highest BCUT2D eigenvalue weighted by atomic mass is 35.5. The normalized spacial score (nSPS) is 10.8. The van der Waals surface area contributed by atoms with Crippen LogP contribution in [0.3, 0.4) is 0 Å². The number of aromatic nitrogens is 4. The van der Waals surface area contributed by atoms with Crippen molar-refractivity contribution in [2.24, 2.45) is 0 Å². The first-order valence-corrected chi connectivity index (χ1v) is 8.61. The van der Waals surface area contributed by atoms with E-state index in [1.807, 2.05) is 0 Å². The number of amides is 1. The van der Waals surface area contributed by atoms with Crippen LogP contribution in [0.4, 0.5) is 11.5 Å². The number of nitrogens with one attached hydrogen (secondary N) is 2. The van der Waals surface area contributed by atoms with Gasteiger partial charge in [-0.25, -0.2) is 0 Å². The van der Waals surface area contributed by atoms with Crippen LogP contribution in [0.25, 0.3) is 17.2 Å². The fourth-order valence-corrected chi connectivity index (χ4v) is 2.84. The Kier molecular flexibility index (Phi) is 4.53. The molecule has 0 aliphatic heterocycles. The van der Waals surface area contributed by atoms with E-state index in [9.17, 15) is 19.7 Å². The van der Waals surface area contributed by atoms with Gasteiger partial charge in [-0.3, -0.25) is 24.7 Å². The van der Waals surface area contributed by atoms with E-state index in [0.717, 1.165) is 6.07 Å². The number of nitrogens with zero attached hydrogens (tertiary/aromatic N) is 4. The standard InChI is InChI=1S/C18H11ClN6O4/c19-11-7-5-10(6-8-11)16-22-18-21-15(26)9-14(24(18)23-16)20-17(27)12-3-1-2-4-13(12)25(28)29/h1-9H,(H,20,27)(H,21,22,23,26). The molecule has 0 atom stereocenters. The molecule has 4 aromatic rings. The number of carbonyl (C=O) groups excluding carboxylic acids is 1. The van der Waals surface area contributed by atoms with Crippen molar-refractivity contribution in [3.05, 3.63) is 85.7 Å². The fraction of sp³-hybridized carbons (Fsp3) is 0. The van der Waals surface area contributed by atoms with Crippen LogP contribution in [-0.2, 0) is 0 Å². The zero-order chi connectivity index (χ0) is 20.5. The highest BCUT2D eigenvalue weighted by Gasteiger charge is 2.21. The number of halogens is 1. The van der Waals surface area contributed by atoms with E-state index in [1.54, 1.807) is 24.3 Å². The number of aromatic amines is 1. The number of nitro benzene ring substituents is 1. The van der Waals surface area contributed by atoms with Crippen LogP contribution in [-0.4, -0.2) is 30.4 Å². The summed E-state index contributed by atoms with van der Waals surface area (Å²) in [5, 5.41) is 18.5. The number of hydrogen-bond donors (Lipinski definition) is 2. The van der Waals surface area contributed by atoms with Gasteiger partial charge >= 0.3 is 0 Å². The van der Waals surface area contributed by atoms with E-state index in [1.165, 1.54) is 28.8 Å². The molecular formula is C18H11ClN6O4. The first kappa shape index (κ1) is 18.3. The molecule has 144 valence electrons. The second-order valence-electron chi connectivity index (χ2n) is 5.92. The summed E-state index contributed by atoms with van der Waals surface area (Å²) in [6.07, 6.45) is 0. The topological polar surface area (TPSA) is 135 Å². The third kappa shape index (κ3) is 3.56. The number of benzene rings is 2. The minimum Gasteiger partial charge on any atom is -0.306 e. The quantitative estimate of drug-likeness (QED) is 0.392. The van der Waals surface area contributed by atoms with E-state index >= 15 is 0 Å². The van der Waals surface area contributed by atoms with Gasteiger partial charge in [0.1, 0.15) is 11.4 Å². The summed E-state index contributed by atoms with van der Waals surface area (Å²) >= 11 is 5.89. The largest absolute Gasteiger partial charge is 0.306 e. The van der Waals surface area contributed by atoms with E-state index in [2.05, 4.69) is 20.4 Å². The molecule has 10 nitrogen and oxygen atoms in total. The molecule has 0 saturated carbocycles. The Hall–Kier alpha value is -4.05. The van der Waals surface area contributed by atoms with Crippen molar-refractivity contribution in [2.45, 2.75) is 0 Å². The highest BCUT2D eigenvalue weighted by molar-refractivity contribution is 6.30. The number of carbonyl (C=O) groups is 1. The Morgan fingerprint density at radius 2 is 1.90 bits per heavy atom. The molecule has 2 aromatic heterocycles. The number of rotatable bonds is 4. The Labute approximate surface area is 166 Å². The van der Waals surface area contributed by atoms with Crippen molar-refractivity contribution < 1.29 is 9.72 Å². The second-order valence-corrected chi connectivity index (χ2v) is 6.36. The smallest absolute Gasteiger partial charge is 0.282 e. The molecule has 29 heavy (non-hydrogen) atoms. The van der Waals surface area contributed by atoms with Crippen molar-refractivity contribution in [1.29, 1.82) is 0 Å². The monoisotopic (exact) mass is 410 g/mol. The first-order valence-electron chi connectivity index (χ1n) is 8.23. The molecule has 2 heterocycles. The third-order valence-electron chi connectivity index (χ3n) is 4.03. The summed E-state index contributed by atoms with van der Waals surface area (Å²) in [5.74, 6) is -0.350. The maximum atomic E-state index is 12.6. The summed E-state index contributed by atoms with van der Waals surface area (Å²) in [6.45, 7) is 0. The molecule has 0 saturated heterocycles. The van der Waals surface area contributed by atoms with E-state index < -0.39 is 16.4 Å². The number of fused-ring (bicyclic) bond motifs is 1. The van der Waals surface area contributed by atoms with Gasteiger partial charge in [0.2, 0.25) is 5.78 Å². The van der Waals surface area contributed by atoms with Crippen molar-refractivity contribution in [1.82, 2.24) is 19.6 Å². The number of nitro groups is 1. The Bertz CT molecular complexity index is 1310. The molecule has 4 rings (SSSR count). The zero-order valence-corrected chi connectivity index (χ0v) is 15.3. The number of anilines is 1.